The molecule has 0 radical (unpaired) electrons. The van der Waals surface area contributed by atoms with Crippen molar-refractivity contribution in [1.29, 1.82) is 0 Å². The number of aromatic nitrogens is 4. The fourth-order valence-electron chi connectivity index (χ4n) is 3.08. The normalized spacial score (nSPS) is 12.1. The van der Waals surface area contributed by atoms with Crippen LogP contribution < -0.4 is 0 Å². The summed E-state index contributed by atoms with van der Waals surface area (Å²) in [7, 11) is 0. The summed E-state index contributed by atoms with van der Waals surface area (Å²) in [6, 6.07) is 6.71. The van der Waals surface area contributed by atoms with Crippen molar-refractivity contribution in [3.05, 3.63) is 51.8 Å². The molecule has 0 atom stereocenters. The van der Waals surface area contributed by atoms with Gasteiger partial charge >= 0.3 is 0 Å². The van der Waals surface area contributed by atoms with Crippen molar-refractivity contribution in [2.75, 3.05) is 0 Å². The molecule has 0 saturated carbocycles. The standard InChI is InChI=1S/C20H26N4S/c1-12-8-16(20(5,6)7)9-13(2)17(12)11-25-19-23-22-18-21-14(3)10-15(4)24(18)19/h8-10H,11H2,1-7H3. The molecule has 2 aromatic heterocycles. The topological polar surface area (TPSA) is 43.1 Å². The maximum atomic E-state index is 4.46. The highest BCUT2D eigenvalue weighted by molar-refractivity contribution is 7.98. The highest BCUT2D eigenvalue weighted by Gasteiger charge is 2.17. The van der Waals surface area contributed by atoms with Gasteiger partial charge in [0.1, 0.15) is 0 Å². The largest absolute Gasteiger partial charge is 0.259 e. The lowest BCUT2D eigenvalue weighted by Gasteiger charge is -2.22. The van der Waals surface area contributed by atoms with Crippen molar-refractivity contribution in [2.24, 2.45) is 0 Å². The molecule has 3 aromatic rings. The molecule has 0 spiro atoms. The second-order valence-electron chi connectivity index (χ2n) is 7.78. The van der Waals surface area contributed by atoms with Gasteiger partial charge in [-0.25, -0.2) is 4.98 Å². The summed E-state index contributed by atoms with van der Waals surface area (Å²) < 4.78 is 2.03. The van der Waals surface area contributed by atoms with E-state index in [1.807, 2.05) is 11.3 Å². The molecule has 2 heterocycles. The van der Waals surface area contributed by atoms with E-state index in [1.165, 1.54) is 22.3 Å². The van der Waals surface area contributed by atoms with E-state index >= 15 is 0 Å². The first-order valence-electron chi connectivity index (χ1n) is 8.59. The van der Waals surface area contributed by atoms with E-state index < -0.39 is 0 Å². The molecule has 0 aliphatic rings. The Balaban J connectivity index is 1.90. The fraction of sp³-hybridized carbons (Fsp3) is 0.450. The fourth-order valence-corrected chi connectivity index (χ4v) is 4.27. The average Bonchev–Trinajstić information content (AvgIpc) is 2.88. The average molecular weight is 355 g/mol. The molecule has 0 fully saturated rings. The van der Waals surface area contributed by atoms with E-state index in [-0.39, 0.29) is 5.41 Å². The first-order chi connectivity index (χ1) is 11.7. The van der Waals surface area contributed by atoms with Gasteiger partial charge in [0.2, 0.25) is 0 Å². The van der Waals surface area contributed by atoms with Crippen LogP contribution in [0.15, 0.2) is 23.4 Å². The zero-order chi connectivity index (χ0) is 18.4. The number of thioether (sulfide) groups is 1. The number of rotatable bonds is 3. The minimum absolute atomic E-state index is 0.172. The summed E-state index contributed by atoms with van der Waals surface area (Å²) in [6.45, 7) is 15.2. The summed E-state index contributed by atoms with van der Waals surface area (Å²) in [4.78, 5) is 4.46. The Hall–Kier alpha value is -1.88. The molecule has 0 aliphatic heterocycles. The van der Waals surface area contributed by atoms with Crippen LogP contribution in [0.2, 0.25) is 0 Å². The highest BCUT2D eigenvalue weighted by Crippen LogP contribution is 2.30. The molecule has 132 valence electrons. The second-order valence-corrected chi connectivity index (χ2v) is 8.73. The SMILES string of the molecule is Cc1cc(C)n2c(SCc3c(C)cc(C(C)(C)C)cc3C)nnc2n1. The molecule has 25 heavy (non-hydrogen) atoms. The molecule has 0 amide bonds. The molecule has 1 aromatic carbocycles. The van der Waals surface area contributed by atoms with Crippen LogP contribution in [0.5, 0.6) is 0 Å². The molecule has 0 aliphatic carbocycles. The van der Waals surface area contributed by atoms with Gasteiger partial charge < -0.3 is 0 Å². The molecular formula is C20H26N4S. The van der Waals surface area contributed by atoms with Gasteiger partial charge in [0, 0.05) is 17.1 Å². The quantitative estimate of drug-likeness (QED) is 0.624. The molecule has 0 unspecified atom stereocenters. The third kappa shape index (κ3) is 3.56. The van der Waals surface area contributed by atoms with E-state index in [9.17, 15) is 0 Å². The van der Waals surface area contributed by atoms with Crippen LogP contribution in [0, 0.1) is 27.7 Å². The minimum Gasteiger partial charge on any atom is -0.259 e. The predicted molar refractivity (Wildman–Crippen MR) is 104 cm³/mol. The Kier molecular flexibility index (Phi) is 4.62. The van der Waals surface area contributed by atoms with Crippen LogP contribution in [-0.4, -0.2) is 19.6 Å². The Morgan fingerprint density at radius 1 is 0.960 bits per heavy atom. The Labute approximate surface area is 154 Å². The first-order valence-corrected chi connectivity index (χ1v) is 9.58. The van der Waals surface area contributed by atoms with Crippen LogP contribution in [0.1, 0.15) is 54.4 Å². The lowest BCUT2D eigenvalue weighted by Crippen LogP contribution is -2.12. The molecule has 0 saturated heterocycles. The van der Waals surface area contributed by atoms with Gasteiger partial charge in [-0.15, -0.1) is 10.2 Å². The summed E-state index contributed by atoms with van der Waals surface area (Å²) in [5, 5.41) is 9.47. The molecular weight excluding hydrogens is 328 g/mol. The minimum atomic E-state index is 0.172. The van der Waals surface area contributed by atoms with Crippen LogP contribution in [0.25, 0.3) is 5.78 Å². The summed E-state index contributed by atoms with van der Waals surface area (Å²) in [5.41, 5.74) is 7.72. The van der Waals surface area contributed by atoms with Crippen LogP contribution in [-0.2, 0) is 11.2 Å². The summed E-state index contributed by atoms with van der Waals surface area (Å²) in [5.74, 6) is 1.56. The first kappa shape index (κ1) is 17.9. The van der Waals surface area contributed by atoms with Crippen molar-refractivity contribution in [3.63, 3.8) is 0 Å². The second kappa shape index (κ2) is 6.45. The molecule has 4 nitrogen and oxygen atoms in total. The lowest BCUT2D eigenvalue weighted by atomic mass is 9.84. The molecule has 3 rings (SSSR count). The van der Waals surface area contributed by atoms with Crippen LogP contribution in [0.3, 0.4) is 0 Å². The van der Waals surface area contributed by atoms with Gasteiger partial charge in [0.15, 0.2) is 5.16 Å². The molecule has 5 heteroatoms. The van der Waals surface area contributed by atoms with E-state index in [1.54, 1.807) is 11.8 Å². The van der Waals surface area contributed by atoms with Gasteiger partial charge in [-0.1, -0.05) is 44.7 Å². The number of hydrogen-bond acceptors (Lipinski definition) is 4. The third-order valence-electron chi connectivity index (χ3n) is 4.57. The van der Waals surface area contributed by atoms with Crippen molar-refractivity contribution in [2.45, 2.75) is 64.8 Å². The van der Waals surface area contributed by atoms with Crippen LogP contribution in [0.4, 0.5) is 0 Å². The Morgan fingerprint density at radius 2 is 1.60 bits per heavy atom. The van der Waals surface area contributed by atoms with Gasteiger partial charge in [0.25, 0.3) is 5.78 Å². The summed E-state index contributed by atoms with van der Waals surface area (Å²) in [6.07, 6.45) is 0. The Morgan fingerprint density at radius 3 is 2.20 bits per heavy atom. The maximum Gasteiger partial charge on any atom is 0.256 e. The van der Waals surface area contributed by atoms with Crippen LogP contribution >= 0.6 is 11.8 Å². The molecule has 0 N–H and O–H groups in total. The maximum absolute atomic E-state index is 4.46. The van der Waals surface area contributed by atoms with Crippen molar-refractivity contribution >= 4 is 17.5 Å². The number of benzene rings is 1. The van der Waals surface area contributed by atoms with Crippen molar-refractivity contribution in [3.8, 4) is 0 Å². The van der Waals surface area contributed by atoms with E-state index in [0.717, 1.165) is 22.3 Å². The van der Waals surface area contributed by atoms with Gasteiger partial charge in [-0.2, -0.15) is 0 Å². The highest BCUT2D eigenvalue weighted by atomic mass is 32.2. The number of nitrogens with zero attached hydrogens (tertiary/aromatic N) is 4. The number of fused-ring (bicyclic) bond motifs is 1. The lowest BCUT2D eigenvalue weighted by molar-refractivity contribution is 0.589. The third-order valence-corrected chi connectivity index (χ3v) is 5.53. The zero-order valence-corrected chi connectivity index (χ0v) is 17.0. The van der Waals surface area contributed by atoms with E-state index in [4.69, 9.17) is 0 Å². The van der Waals surface area contributed by atoms with E-state index in [2.05, 4.69) is 74.9 Å². The number of aryl methyl sites for hydroxylation is 4. The summed E-state index contributed by atoms with van der Waals surface area (Å²) >= 11 is 1.72. The van der Waals surface area contributed by atoms with Crippen molar-refractivity contribution in [1.82, 2.24) is 19.6 Å². The smallest absolute Gasteiger partial charge is 0.256 e. The Bertz CT molecular complexity index is 912. The molecule has 0 bridgehead atoms. The van der Waals surface area contributed by atoms with E-state index in [0.29, 0.717) is 5.78 Å². The van der Waals surface area contributed by atoms with Gasteiger partial charge in [0.05, 0.1) is 0 Å². The zero-order valence-electron chi connectivity index (χ0n) is 16.1. The number of hydrogen-bond donors (Lipinski definition) is 0. The monoisotopic (exact) mass is 354 g/mol. The predicted octanol–water partition coefficient (Wildman–Crippen LogP) is 4.95. The van der Waals surface area contributed by atoms with Gasteiger partial charge in [-0.05, 0) is 61.4 Å². The van der Waals surface area contributed by atoms with Gasteiger partial charge in [-0.3, -0.25) is 4.40 Å². The van der Waals surface area contributed by atoms with Crippen molar-refractivity contribution < 1.29 is 0 Å².